The van der Waals surface area contributed by atoms with Gasteiger partial charge < -0.3 is 247 Å². The number of hydrogen-bond acceptors (Lipinski definition) is 51. The van der Waals surface area contributed by atoms with Crippen molar-refractivity contribution < 1.29 is 257 Å². The van der Waals surface area contributed by atoms with Crippen molar-refractivity contribution in [2.24, 2.45) is 32.5 Å². The van der Waals surface area contributed by atoms with E-state index in [1.807, 2.05) is 83.1 Å². The van der Waals surface area contributed by atoms with Crippen molar-refractivity contribution >= 4 is 11.6 Å². The molecule has 0 radical (unpaired) electrons. The van der Waals surface area contributed by atoms with E-state index in [2.05, 4.69) is 0 Å². The first-order valence-electron chi connectivity index (χ1n) is 44.5. The molecule has 4 saturated heterocycles. The van der Waals surface area contributed by atoms with E-state index in [0.717, 1.165) is 0 Å². The summed E-state index contributed by atoms with van der Waals surface area (Å²) in [6.07, 6.45) is -68.0. The van der Waals surface area contributed by atoms with E-state index >= 15 is 0 Å². The molecule has 136 heavy (non-hydrogen) atoms. The summed E-state index contributed by atoms with van der Waals surface area (Å²) in [5.74, 6) is -1.37. The Balaban J connectivity index is 0. The molecule has 51 nitrogen and oxygen atoms in total. The maximum absolute atomic E-state index is 12.2. The topological polar surface area (TPSA) is 937 Å². The summed E-state index contributed by atoms with van der Waals surface area (Å²) in [7, 11) is 0. The minimum Gasteiger partial charge on any atom is -0.394 e. The molecule has 0 aliphatic carbocycles. The van der Waals surface area contributed by atoms with E-state index in [1.54, 1.807) is 27.7 Å². The fourth-order valence-electron chi connectivity index (χ4n) is 13.6. The van der Waals surface area contributed by atoms with Crippen LogP contribution in [0.3, 0.4) is 0 Å². The van der Waals surface area contributed by atoms with Gasteiger partial charge in [0.2, 0.25) is 0 Å². The summed E-state index contributed by atoms with van der Waals surface area (Å²) in [6.45, 7) is 26.3. The predicted octanol–water partition coefficient (Wildman–Crippen LogP) is -15.8. The lowest BCUT2D eigenvalue weighted by molar-refractivity contribution is -0.327. The molecular weight excluding hydrogens is 1840 g/mol. The Hall–Kier alpha value is -2.62. The van der Waals surface area contributed by atoms with Crippen LogP contribution in [0.4, 0.5) is 0 Å². The van der Waals surface area contributed by atoms with Gasteiger partial charge in [0.05, 0.1) is 90.0 Å². The molecule has 0 aromatic rings. The maximum Gasteiger partial charge on any atom is 0.187 e. The number of Topliss-reactive ketones (excluding diaryl/α,β-unsaturated/α-hetero) is 2. The number of ketones is 2. The fourth-order valence-corrected chi connectivity index (χ4v) is 13.6. The van der Waals surface area contributed by atoms with Gasteiger partial charge in [-0.05, 0) is 53.8 Å². The van der Waals surface area contributed by atoms with Crippen molar-refractivity contribution in [1.29, 1.82) is 0 Å². The first kappa shape index (κ1) is 135. The Morgan fingerprint density at radius 3 is 0.603 bits per heavy atom. The molecule has 4 fully saturated rings. The third-order valence-corrected chi connectivity index (χ3v) is 21.8. The van der Waals surface area contributed by atoms with Crippen LogP contribution >= 0.6 is 0 Å². The second-order valence-electron chi connectivity index (χ2n) is 41.3. The number of aliphatic hydroxyl groups excluding tert-OH is 41. The van der Waals surface area contributed by atoms with Crippen molar-refractivity contribution in [3.05, 3.63) is 0 Å². The standard InChI is InChI=1S/C17H32O10.3C16H32O10.C10H20O6.C10H22O5/c1-5-8-9(20)10(21)13(24)16(26-8)27-14(7(19)6-18)11(22)12(23)15(25)17(2,3)4;3*1-16(2,3)4-7(19)10(21)14(8(20)5-17)26-15-13(24)12(23)11(22)9(6-18)25-15;1-10(2,3)9(16)8(15)7(14)6(13)5(12)4-11;1-10(2,3)4-6(12)8(14)9(15)7(13)5-11/h7-14,16,18-24H,5-6H2,1-4H3;3*7-15,17-24H,4-6H2,1-3H3;5-8,11-15H,4H2,1-3H3;6-9,11-15H,4-5H2,1-3H3/t7-,8-,9+,10+,11-,12-,13-,14-,16?;7?,8?,9?,10?,11-,12+,13?,14?,15+;7?,8?,9?,10?,11-,12+,13?,14?,15-;7?,8?,9?,10?,11-,12-,13?,14?,15-;5-,6-,7+,8-;6-,7+,8+,9+/m111010/s1. The Kier molecular flexibility index (Phi) is 60.8. The predicted molar refractivity (Wildman–Crippen MR) is 466 cm³/mol. The average Bonchev–Trinajstić information content (AvgIpc) is 0.810. The molecule has 0 amide bonds. The smallest absolute Gasteiger partial charge is 0.187 e. The molecule has 0 saturated carbocycles. The Labute approximate surface area is 790 Å². The first-order chi connectivity index (χ1) is 61.9. The molecule has 0 spiro atoms. The number of carbonyl (C=O) groups excluding carboxylic acids is 2. The lowest BCUT2D eigenvalue weighted by atomic mass is 9.84. The highest BCUT2D eigenvalue weighted by Crippen LogP contribution is 2.35. The summed E-state index contributed by atoms with van der Waals surface area (Å²) >= 11 is 0. The average molecular weight is 2010 g/mol. The zero-order valence-corrected chi connectivity index (χ0v) is 80.7. The van der Waals surface area contributed by atoms with Gasteiger partial charge in [0.15, 0.2) is 36.7 Å². The molecule has 0 aromatic carbocycles. The van der Waals surface area contributed by atoms with Gasteiger partial charge >= 0.3 is 0 Å². The largest absolute Gasteiger partial charge is 0.394 e. The van der Waals surface area contributed by atoms with Crippen LogP contribution in [0.15, 0.2) is 0 Å². The number of carbonyl (C=O) groups is 2. The minimum absolute atomic E-state index is 0.154. The third kappa shape index (κ3) is 44.0. The highest BCUT2D eigenvalue weighted by molar-refractivity contribution is 5.88. The van der Waals surface area contributed by atoms with Gasteiger partial charge in [-0.2, -0.15) is 0 Å². The molecule has 0 bridgehead atoms. The van der Waals surface area contributed by atoms with Crippen LogP contribution in [0, 0.1) is 32.5 Å². The summed E-state index contributed by atoms with van der Waals surface area (Å²) in [6, 6.07) is 0. The quantitative estimate of drug-likeness (QED) is 0.0270. The first-order valence-corrected chi connectivity index (χ1v) is 44.5. The van der Waals surface area contributed by atoms with Crippen LogP contribution in [0.2, 0.25) is 0 Å². The van der Waals surface area contributed by atoms with Gasteiger partial charge in [-0.1, -0.05) is 132 Å². The van der Waals surface area contributed by atoms with Crippen LogP contribution in [0.1, 0.15) is 164 Å². The Morgan fingerprint density at radius 2 is 0.412 bits per heavy atom. The molecule has 4 aliphatic heterocycles. The lowest BCUT2D eigenvalue weighted by Gasteiger charge is -2.42. The van der Waals surface area contributed by atoms with Gasteiger partial charge in [0.25, 0.3) is 0 Å². The van der Waals surface area contributed by atoms with E-state index in [1.165, 1.54) is 20.8 Å². The zero-order chi connectivity index (χ0) is 107. The van der Waals surface area contributed by atoms with E-state index < -0.39 is 351 Å². The molecule has 41 N–H and O–H groups in total. The number of hydrogen-bond donors (Lipinski definition) is 41. The summed E-state index contributed by atoms with van der Waals surface area (Å²) in [4.78, 5) is 23.8. The molecule has 816 valence electrons. The van der Waals surface area contributed by atoms with Crippen molar-refractivity contribution in [3.8, 4) is 0 Å². The highest BCUT2D eigenvalue weighted by atomic mass is 16.7. The van der Waals surface area contributed by atoms with Gasteiger partial charge in [0, 0.05) is 10.8 Å². The highest BCUT2D eigenvalue weighted by Gasteiger charge is 2.53. The van der Waals surface area contributed by atoms with Crippen molar-refractivity contribution in [1.82, 2.24) is 0 Å². The number of aliphatic hydroxyl groups is 41. The minimum atomic E-state index is -1.95. The molecule has 4 rings (SSSR count). The van der Waals surface area contributed by atoms with E-state index in [-0.39, 0.29) is 47.3 Å². The number of ether oxygens (including phenoxy) is 8. The molecule has 4 heterocycles. The normalized spacial score (nSPS) is 31.4. The molecule has 44 atom stereocenters. The van der Waals surface area contributed by atoms with E-state index in [0.29, 0.717) is 6.42 Å². The third-order valence-electron chi connectivity index (χ3n) is 21.8. The van der Waals surface area contributed by atoms with Gasteiger partial charge in [-0.15, -0.1) is 0 Å². The second kappa shape index (κ2) is 61.1. The van der Waals surface area contributed by atoms with Crippen molar-refractivity contribution in [2.45, 2.75) is 433 Å². The molecule has 4 aliphatic rings. The Bertz CT molecular complexity index is 2970. The van der Waals surface area contributed by atoms with E-state index in [9.17, 15) is 199 Å². The van der Waals surface area contributed by atoms with Gasteiger partial charge in [0.1, 0.15) is 214 Å². The summed E-state index contributed by atoms with van der Waals surface area (Å²) < 4.78 is 42.2. The molecule has 19 unspecified atom stereocenters. The monoisotopic (exact) mass is 2010 g/mol. The number of rotatable bonds is 42. The van der Waals surface area contributed by atoms with Crippen LogP contribution in [-0.2, 0) is 47.5 Å². The van der Waals surface area contributed by atoms with Crippen molar-refractivity contribution in [3.63, 3.8) is 0 Å². The zero-order valence-electron chi connectivity index (χ0n) is 80.7. The van der Waals surface area contributed by atoms with Crippen LogP contribution < -0.4 is 0 Å². The Morgan fingerprint density at radius 1 is 0.235 bits per heavy atom. The fraction of sp³-hybridized carbons (Fsp3) is 0.976. The summed E-state index contributed by atoms with van der Waals surface area (Å²) in [5, 5.41) is 397. The second-order valence-corrected chi connectivity index (χ2v) is 41.3. The lowest BCUT2D eigenvalue weighted by Crippen LogP contribution is -2.61. The molecule has 51 heteroatoms. The SMILES string of the molecule is CC(C)(C)C(=O)[C@H](O)[C@@H](O)[C@H](O)[C@H](O)CO.CC(C)(C)CC(O)C(O)C(O[C@@H]1OC(CO)[C@@H](O)[C@H](O)C1O)C(O)CO.CC(C)(C)CC(O)C(O)C(O[C@@H]1OC(CO)[C@H](O)[C@H](O)C1O)C(O)CO.CC(C)(C)CC(O)C(O)C(O[C@H]1OC(CO)[C@@H](O)[C@H](O)C1O)C(O)CO.CC(C)(C)C[C@H](O)[C@@H](O)[C@H](O)[C@H](O)CO.CC[C@H]1OC(O[C@@H]([C@H](O)[C@@H](O)C(=O)C(C)(C)C)[C@H](O)CO)[C@H](O)[C@@H](O)[C@H]1O. The summed E-state index contributed by atoms with van der Waals surface area (Å²) in [5.41, 5.74) is -3.10. The van der Waals surface area contributed by atoms with Gasteiger partial charge in [-0.3, -0.25) is 9.59 Å². The molecular formula is C85H170O51. The molecule has 0 aromatic heterocycles. The van der Waals surface area contributed by atoms with Crippen LogP contribution in [0.25, 0.3) is 0 Å². The van der Waals surface area contributed by atoms with Gasteiger partial charge in [-0.25, -0.2) is 0 Å². The van der Waals surface area contributed by atoms with Crippen LogP contribution in [0.5, 0.6) is 0 Å². The maximum atomic E-state index is 12.2. The van der Waals surface area contributed by atoms with Crippen molar-refractivity contribution in [2.75, 3.05) is 59.5 Å². The van der Waals surface area contributed by atoms with E-state index in [4.69, 9.17) is 58.3 Å². The van der Waals surface area contributed by atoms with Crippen LogP contribution in [-0.4, -0.2) is 550 Å².